The molecule has 1 aliphatic heterocycles. The van der Waals surface area contributed by atoms with Crippen LogP contribution in [0.15, 0.2) is 36.4 Å². The van der Waals surface area contributed by atoms with Crippen molar-refractivity contribution in [2.24, 2.45) is 0 Å². The molecule has 1 heterocycles. The third kappa shape index (κ3) is 3.06. The zero-order valence-electron chi connectivity index (χ0n) is 12.1. The molecule has 0 atom stereocenters. The monoisotopic (exact) mass is 335 g/mol. The second-order valence-electron chi connectivity index (χ2n) is 5.33. The molecule has 0 radical (unpaired) electrons. The van der Waals surface area contributed by atoms with Crippen LogP contribution in [0.4, 0.5) is 0 Å². The number of carbonyl (C=O) groups excluding carboxylic acids is 1. The topological polar surface area (TPSA) is 29.5 Å². The Morgan fingerprint density at radius 1 is 1.18 bits per heavy atom. The number of benzene rings is 2. The van der Waals surface area contributed by atoms with Crippen molar-refractivity contribution in [3.05, 3.63) is 63.1 Å². The van der Waals surface area contributed by atoms with Crippen LogP contribution in [0, 0.1) is 0 Å². The van der Waals surface area contributed by atoms with E-state index in [1.165, 1.54) is 0 Å². The Bertz CT molecular complexity index is 710. The minimum atomic E-state index is 0.0394. The summed E-state index contributed by atoms with van der Waals surface area (Å²) in [5, 5.41) is 1.16. The van der Waals surface area contributed by atoms with Crippen LogP contribution in [-0.2, 0) is 13.0 Å². The number of carbonyl (C=O) groups is 1. The second kappa shape index (κ2) is 6.19. The molecular weight excluding hydrogens is 321 g/mol. The maximum atomic E-state index is 12.2. The molecule has 0 saturated carbocycles. The van der Waals surface area contributed by atoms with Crippen molar-refractivity contribution in [2.45, 2.75) is 13.0 Å². The Kier molecular flexibility index (Phi) is 4.27. The van der Waals surface area contributed by atoms with E-state index in [-0.39, 0.29) is 5.91 Å². The molecule has 114 valence electrons. The fourth-order valence-electron chi connectivity index (χ4n) is 2.60. The van der Waals surface area contributed by atoms with E-state index in [0.29, 0.717) is 23.2 Å². The number of hydrogen-bond acceptors (Lipinski definition) is 2. The number of ether oxygens (including phenoxy) is 1. The van der Waals surface area contributed by atoms with Crippen molar-refractivity contribution in [1.29, 1.82) is 0 Å². The molecule has 3 rings (SSSR count). The molecule has 1 amide bonds. The molecule has 0 N–H and O–H groups in total. The highest BCUT2D eigenvalue weighted by molar-refractivity contribution is 6.34. The quantitative estimate of drug-likeness (QED) is 0.841. The second-order valence-corrected chi connectivity index (χ2v) is 6.20. The zero-order chi connectivity index (χ0) is 15.7. The van der Waals surface area contributed by atoms with Gasteiger partial charge in [0.1, 0.15) is 12.4 Å². The third-order valence-corrected chi connectivity index (χ3v) is 4.16. The Labute approximate surface area is 139 Å². The van der Waals surface area contributed by atoms with Gasteiger partial charge < -0.3 is 9.64 Å². The number of rotatable bonds is 3. The first kappa shape index (κ1) is 15.2. The maximum Gasteiger partial charge on any atom is 0.254 e. The van der Waals surface area contributed by atoms with Gasteiger partial charge in [0.2, 0.25) is 0 Å². The lowest BCUT2D eigenvalue weighted by molar-refractivity contribution is 0.0779. The first-order valence-electron chi connectivity index (χ1n) is 7.00. The highest BCUT2D eigenvalue weighted by atomic mass is 35.5. The number of fused-ring (bicyclic) bond motifs is 1. The lowest BCUT2D eigenvalue weighted by Crippen LogP contribution is -2.34. The van der Waals surface area contributed by atoms with Crippen LogP contribution in [0.5, 0.6) is 5.75 Å². The van der Waals surface area contributed by atoms with Gasteiger partial charge in [-0.1, -0.05) is 29.3 Å². The Morgan fingerprint density at radius 2 is 1.91 bits per heavy atom. The van der Waals surface area contributed by atoms with Gasteiger partial charge in [-0.15, -0.1) is 0 Å². The highest BCUT2D eigenvalue weighted by Crippen LogP contribution is 2.28. The van der Waals surface area contributed by atoms with Crippen molar-refractivity contribution >= 4 is 29.1 Å². The van der Waals surface area contributed by atoms with Gasteiger partial charge in [-0.2, -0.15) is 0 Å². The number of likely N-dealkylation sites (N-methyl/N-ethyl adjacent to an activating group) is 1. The van der Waals surface area contributed by atoms with Crippen LogP contribution in [0.3, 0.4) is 0 Å². The number of nitrogens with zero attached hydrogens (tertiary/aromatic N) is 1. The number of halogens is 2. The summed E-state index contributed by atoms with van der Waals surface area (Å²) in [5.41, 5.74) is 2.59. The predicted molar refractivity (Wildman–Crippen MR) is 87.9 cm³/mol. The van der Waals surface area contributed by atoms with Gasteiger partial charge in [-0.25, -0.2) is 0 Å². The molecule has 0 aromatic heterocycles. The molecule has 0 spiro atoms. The Hall–Kier alpha value is -1.71. The summed E-state index contributed by atoms with van der Waals surface area (Å²) >= 11 is 12.0. The Balaban J connectivity index is 1.83. The van der Waals surface area contributed by atoms with Crippen molar-refractivity contribution in [1.82, 2.24) is 4.90 Å². The van der Waals surface area contributed by atoms with Gasteiger partial charge in [-0.3, -0.25) is 4.79 Å². The van der Waals surface area contributed by atoms with Crippen molar-refractivity contribution in [3.63, 3.8) is 0 Å². The molecule has 2 aromatic carbocycles. The molecular formula is C17H15Cl2NO2. The average Bonchev–Trinajstić information content (AvgIpc) is 2.48. The normalized spacial score (nSPS) is 14.0. The molecule has 1 aliphatic rings. The molecule has 22 heavy (non-hydrogen) atoms. The van der Waals surface area contributed by atoms with Crippen LogP contribution in [0.1, 0.15) is 21.5 Å². The summed E-state index contributed by atoms with van der Waals surface area (Å²) < 4.78 is 5.90. The zero-order valence-corrected chi connectivity index (χ0v) is 13.6. The maximum absolute atomic E-state index is 12.2. The minimum absolute atomic E-state index is 0.0394. The molecule has 3 nitrogen and oxygen atoms in total. The number of amides is 1. The third-order valence-electron chi connectivity index (χ3n) is 3.72. The average molecular weight is 336 g/mol. The summed E-state index contributed by atoms with van der Waals surface area (Å²) in [4.78, 5) is 13.9. The standard InChI is InChI=1S/C17H15Cl2NO2/c1-20-6-5-14-15(17(20)21)3-2-4-16(14)22-10-11-7-12(18)9-13(19)8-11/h2-4,7-9H,5-6,10H2,1H3. The van der Waals surface area contributed by atoms with Crippen molar-refractivity contribution in [2.75, 3.05) is 13.6 Å². The van der Waals surface area contributed by atoms with E-state index in [9.17, 15) is 4.79 Å². The van der Waals surface area contributed by atoms with Crippen LogP contribution in [0.2, 0.25) is 10.0 Å². The summed E-state index contributed by atoms with van der Waals surface area (Å²) in [6, 6.07) is 10.9. The van der Waals surface area contributed by atoms with E-state index in [0.717, 1.165) is 28.9 Å². The van der Waals surface area contributed by atoms with Crippen LogP contribution in [-0.4, -0.2) is 24.4 Å². The SMILES string of the molecule is CN1CCc2c(OCc3cc(Cl)cc(Cl)c3)cccc2C1=O. The smallest absolute Gasteiger partial charge is 0.254 e. The Morgan fingerprint density at radius 3 is 2.64 bits per heavy atom. The molecule has 5 heteroatoms. The van der Waals surface area contributed by atoms with E-state index in [1.807, 2.05) is 37.4 Å². The first-order valence-corrected chi connectivity index (χ1v) is 7.75. The lowest BCUT2D eigenvalue weighted by Gasteiger charge is -2.26. The summed E-state index contributed by atoms with van der Waals surface area (Å²) in [5.74, 6) is 0.785. The van der Waals surface area contributed by atoms with Gasteiger partial charge in [0.25, 0.3) is 5.91 Å². The van der Waals surface area contributed by atoms with Crippen molar-refractivity contribution in [3.8, 4) is 5.75 Å². The fourth-order valence-corrected chi connectivity index (χ4v) is 3.17. The number of hydrogen-bond donors (Lipinski definition) is 0. The van der Waals surface area contributed by atoms with E-state index >= 15 is 0 Å². The minimum Gasteiger partial charge on any atom is -0.489 e. The van der Waals surface area contributed by atoms with E-state index in [1.54, 1.807) is 11.0 Å². The molecule has 2 aromatic rings. The van der Waals surface area contributed by atoms with Gasteiger partial charge in [0, 0.05) is 34.8 Å². The molecule has 0 aliphatic carbocycles. The summed E-state index contributed by atoms with van der Waals surface area (Å²) in [7, 11) is 1.81. The van der Waals surface area contributed by atoms with E-state index in [2.05, 4.69) is 0 Å². The van der Waals surface area contributed by atoms with E-state index in [4.69, 9.17) is 27.9 Å². The first-order chi connectivity index (χ1) is 10.5. The van der Waals surface area contributed by atoms with Crippen molar-refractivity contribution < 1.29 is 9.53 Å². The van der Waals surface area contributed by atoms with Crippen LogP contribution >= 0.6 is 23.2 Å². The predicted octanol–water partition coefficient (Wildman–Crippen LogP) is 4.20. The lowest BCUT2D eigenvalue weighted by atomic mass is 9.98. The van der Waals surface area contributed by atoms with Gasteiger partial charge in [-0.05, 0) is 42.3 Å². The van der Waals surface area contributed by atoms with Crippen LogP contribution < -0.4 is 4.74 Å². The van der Waals surface area contributed by atoms with Gasteiger partial charge in [0.05, 0.1) is 0 Å². The van der Waals surface area contributed by atoms with Gasteiger partial charge >= 0.3 is 0 Å². The van der Waals surface area contributed by atoms with E-state index < -0.39 is 0 Å². The summed E-state index contributed by atoms with van der Waals surface area (Å²) in [6.07, 6.45) is 0.796. The van der Waals surface area contributed by atoms with Crippen LogP contribution in [0.25, 0.3) is 0 Å². The highest BCUT2D eigenvalue weighted by Gasteiger charge is 2.23. The molecule has 0 bridgehead atoms. The van der Waals surface area contributed by atoms with Gasteiger partial charge in [0.15, 0.2) is 0 Å². The summed E-state index contributed by atoms with van der Waals surface area (Å²) in [6.45, 7) is 1.07. The largest absolute Gasteiger partial charge is 0.489 e. The molecule has 0 fully saturated rings. The molecule has 0 saturated heterocycles. The molecule has 0 unspecified atom stereocenters. The fraction of sp³-hybridized carbons (Fsp3) is 0.235.